The number of piperazine rings is 1. The zero-order valence-corrected chi connectivity index (χ0v) is 5.43. The van der Waals surface area contributed by atoms with Crippen molar-refractivity contribution in [2.75, 3.05) is 19.6 Å². The van der Waals surface area contributed by atoms with E-state index in [4.69, 9.17) is 5.26 Å². The van der Waals surface area contributed by atoms with E-state index in [1.54, 1.807) is 0 Å². The van der Waals surface area contributed by atoms with Crippen molar-refractivity contribution >= 4 is 0 Å². The highest BCUT2D eigenvalue weighted by molar-refractivity contribution is 4.77. The summed E-state index contributed by atoms with van der Waals surface area (Å²) in [5.74, 6) is 0. The van der Waals surface area contributed by atoms with Crippen LogP contribution < -0.4 is 10.6 Å². The third-order valence-electron chi connectivity index (χ3n) is 1.58. The van der Waals surface area contributed by atoms with Gasteiger partial charge in [0.1, 0.15) is 6.04 Å². The Morgan fingerprint density at radius 1 is 1.78 bits per heavy atom. The first-order valence-electron chi connectivity index (χ1n) is 3.34. The Kier molecular flexibility index (Phi) is 2.49. The highest BCUT2D eigenvalue weighted by Gasteiger charge is 2.13. The van der Waals surface area contributed by atoms with Crippen molar-refractivity contribution < 1.29 is 5.32 Å². The molecule has 0 aliphatic carbocycles. The van der Waals surface area contributed by atoms with Gasteiger partial charge in [0.2, 0.25) is 0 Å². The smallest absolute Gasteiger partial charge is 0.112 e. The van der Waals surface area contributed by atoms with E-state index in [2.05, 4.69) is 16.7 Å². The summed E-state index contributed by atoms with van der Waals surface area (Å²) in [5, 5.41) is 13.8. The zero-order chi connectivity index (χ0) is 6.53. The number of quaternary nitrogens is 1. The van der Waals surface area contributed by atoms with Crippen molar-refractivity contribution in [2.24, 2.45) is 0 Å². The fourth-order valence-corrected chi connectivity index (χ4v) is 1.06. The zero-order valence-electron chi connectivity index (χ0n) is 5.43. The molecule has 0 bridgehead atoms. The lowest BCUT2D eigenvalue weighted by molar-refractivity contribution is -0.691. The van der Waals surface area contributed by atoms with Crippen LogP contribution in [0.5, 0.6) is 0 Å². The summed E-state index contributed by atoms with van der Waals surface area (Å²) in [4.78, 5) is 0. The summed E-state index contributed by atoms with van der Waals surface area (Å²) in [5.41, 5.74) is 0. The summed E-state index contributed by atoms with van der Waals surface area (Å²) >= 11 is 0. The Balaban J connectivity index is 2.17. The van der Waals surface area contributed by atoms with Crippen molar-refractivity contribution in [1.29, 1.82) is 5.26 Å². The standard InChI is InChI=1S/C6H11N3/c7-2-1-6-5-8-3-4-9-6/h6,8-9H,1,3-5H2/p+1/t6-/m0/s1. The summed E-state index contributed by atoms with van der Waals surface area (Å²) in [6, 6.07) is 2.67. The van der Waals surface area contributed by atoms with Gasteiger partial charge in [0.05, 0.1) is 19.0 Å². The predicted octanol–water partition coefficient (Wildman–Crippen LogP) is -1.56. The number of nitrogens with one attached hydrogen (secondary N) is 1. The first-order chi connectivity index (χ1) is 4.43. The molecular formula is C6H12N3+. The van der Waals surface area contributed by atoms with Crippen LogP contribution in [-0.4, -0.2) is 25.7 Å². The number of hydrogen-bond donors (Lipinski definition) is 2. The first kappa shape index (κ1) is 6.53. The average molecular weight is 126 g/mol. The lowest BCUT2D eigenvalue weighted by Gasteiger charge is -2.18. The van der Waals surface area contributed by atoms with Crippen molar-refractivity contribution in [3.63, 3.8) is 0 Å². The molecule has 1 fully saturated rings. The molecule has 0 amide bonds. The van der Waals surface area contributed by atoms with Crippen LogP contribution in [-0.2, 0) is 0 Å². The Morgan fingerprint density at radius 3 is 3.22 bits per heavy atom. The van der Waals surface area contributed by atoms with E-state index in [0.29, 0.717) is 12.5 Å². The molecule has 0 saturated carbocycles. The molecule has 0 radical (unpaired) electrons. The monoisotopic (exact) mass is 126 g/mol. The van der Waals surface area contributed by atoms with E-state index in [1.165, 1.54) is 0 Å². The predicted molar refractivity (Wildman–Crippen MR) is 33.7 cm³/mol. The summed E-state index contributed by atoms with van der Waals surface area (Å²) < 4.78 is 0. The minimum atomic E-state index is 0.503. The molecular weight excluding hydrogens is 114 g/mol. The van der Waals surface area contributed by atoms with Crippen LogP contribution in [0.15, 0.2) is 0 Å². The van der Waals surface area contributed by atoms with Crippen molar-refractivity contribution in [1.82, 2.24) is 5.32 Å². The Morgan fingerprint density at radius 2 is 2.67 bits per heavy atom. The van der Waals surface area contributed by atoms with Gasteiger partial charge in [-0.3, -0.25) is 0 Å². The molecule has 1 atom stereocenters. The van der Waals surface area contributed by atoms with E-state index >= 15 is 0 Å². The number of nitriles is 1. The topological polar surface area (TPSA) is 52.4 Å². The van der Waals surface area contributed by atoms with Crippen LogP contribution in [0, 0.1) is 11.3 Å². The summed E-state index contributed by atoms with van der Waals surface area (Å²) in [6.07, 6.45) is 0.674. The molecule has 1 saturated heterocycles. The van der Waals surface area contributed by atoms with Crippen molar-refractivity contribution in [3.05, 3.63) is 0 Å². The maximum atomic E-state index is 8.32. The van der Waals surface area contributed by atoms with Gasteiger partial charge in [-0.05, 0) is 0 Å². The summed E-state index contributed by atoms with van der Waals surface area (Å²) in [7, 11) is 0. The van der Waals surface area contributed by atoms with Gasteiger partial charge in [0.15, 0.2) is 0 Å². The van der Waals surface area contributed by atoms with E-state index in [-0.39, 0.29) is 0 Å². The quantitative estimate of drug-likeness (QED) is 0.446. The second-order valence-corrected chi connectivity index (χ2v) is 2.35. The molecule has 0 aromatic rings. The fraction of sp³-hybridized carbons (Fsp3) is 0.833. The Labute approximate surface area is 55.1 Å². The van der Waals surface area contributed by atoms with E-state index in [9.17, 15) is 0 Å². The lowest BCUT2D eigenvalue weighted by Crippen LogP contribution is -2.95. The molecule has 1 heterocycles. The van der Waals surface area contributed by atoms with Gasteiger partial charge < -0.3 is 10.6 Å². The molecule has 0 spiro atoms. The Bertz CT molecular complexity index is 110. The average Bonchev–Trinajstić information content (AvgIpc) is 1.91. The third-order valence-corrected chi connectivity index (χ3v) is 1.58. The van der Waals surface area contributed by atoms with Gasteiger partial charge >= 0.3 is 0 Å². The van der Waals surface area contributed by atoms with Gasteiger partial charge in [-0.2, -0.15) is 5.26 Å². The number of nitrogens with zero attached hydrogens (tertiary/aromatic N) is 1. The van der Waals surface area contributed by atoms with Crippen LogP contribution in [0.25, 0.3) is 0 Å². The molecule has 0 aromatic heterocycles. The molecule has 50 valence electrons. The highest BCUT2D eigenvalue weighted by atomic mass is 15.0. The molecule has 1 rings (SSSR count). The van der Waals surface area contributed by atoms with Crippen molar-refractivity contribution in [2.45, 2.75) is 12.5 Å². The maximum Gasteiger partial charge on any atom is 0.112 e. The number of rotatable bonds is 1. The van der Waals surface area contributed by atoms with Gasteiger partial charge in [-0.25, -0.2) is 0 Å². The van der Waals surface area contributed by atoms with E-state index in [1.807, 2.05) is 0 Å². The molecule has 3 N–H and O–H groups in total. The van der Waals surface area contributed by atoms with Gasteiger partial charge in [0.25, 0.3) is 0 Å². The molecule has 1 aliphatic heterocycles. The molecule has 1 aliphatic rings. The molecule has 3 nitrogen and oxygen atoms in total. The van der Waals surface area contributed by atoms with Crippen LogP contribution in [0.3, 0.4) is 0 Å². The molecule has 3 heteroatoms. The maximum absolute atomic E-state index is 8.32. The number of nitrogens with two attached hydrogens (primary N) is 1. The van der Waals surface area contributed by atoms with Gasteiger partial charge in [0, 0.05) is 13.1 Å². The first-order valence-corrected chi connectivity index (χ1v) is 3.34. The molecule has 9 heavy (non-hydrogen) atoms. The minimum absolute atomic E-state index is 0.503. The lowest BCUT2D eigenvalue weighted by atomic mass is 10.2. The van der Waals surface area contributed by atoms with Crippen molar-refractivity contribution in [3.8, 4) is 6.07 Å². The van der Waals surface area contributed by atoms with E-state index < -0.39 is 0 Å². The summed E-state index contributed by atoms with van der Waals surface area (Å²) in [6.45, 7) is 3.20. The van der Waals surface area contributed by atoms with E-state index in [0.717, 1.165) is 19.6 Å². The molecule has 0 aromatic carbocycles. The van der Waals surface area contributed by atoms with Crippen LogP contribution in [0.2, 0.25) is 0 Å². The minimum Gasteiger partial charge on any atom is -0.341 e. The third kappa shape index (κ3) is 2.00. The number of hydrogen-bond acceptors (Lipinski definition) is 2. The second kappa shape index (κ2) is 3.44. The largest absolute Gasteiger partial charge is 0.341 e. The Hall–Kier alpha value is -0.590. The van der Waals surface area contributed by atoms with Gasteiger partial charge in [-0.15, -0.1) is 0 Å². The molecule has 0 unspecified atom stereocenters. The van der Waals surface area contributed by atoms with Crippen LogP contribution >= 0.6 is 0 Å². The fourth-order valence-electron chi connectivity index (χ4n) is 1.06. The van der Waals surface area contributed by atoms with Crippen LogP contribution in [0.1, 0.15) is 6.42 Å². The normalized spacial score (nSPS) is 27.2. The van der Waals surface area contributed by atoms with Crippen LogP contribution in [0.4, 0.5) is 0 Å². The second-order valence-electron chi connectivity index (χ2n) is 2.35. The highest BCUT2D eigenvalue weighted by Crippen LogP contribution is 1.82. The van der Waals surface area contributed by atoms with Gasteiger partial charge in [-0.1, -0.05) is 0 Å². The SMILES string of the molecule is N#CC[C@H]1CNCC[NH2+]1.